The molecule has 0 radical (unpaired) electrons. The Labute approximate surface area is 226 Å². The number of rotatable bonds is 4. The van der Waals surface area contributed by atoms with Gasteiger partial charge in [0.25, 0.3) is 0 Å². The van der Waals surface area contributed by atoms with Gasteiger partial charge in [0.15, 0.2) is 0 Å². The zero-order chi connectivity index (χ0) is 28.7. The molecule has 2 aromatic heterocycles. The molecule has 4 rings (SSSR count). The Balaban J connectivity index is 1.71. The number of carbonyl (C=O) groups is 2. The summed E-state index contributed by atoms with van der Waals surface area (Å²) in [5.74, 6) is -2.69. The van der Waals surface area contributed by atoms with Crippen molar-refractivity contribution in [2.45, 2.75) is 72.2 Å². The maximum atomic E-state index is 15.5. The molecule has 1 saturated heterocycles. The number of esters is 1. The number of amides is 1. The van der Waals surface area contributed by atoms with E-state index in [1.807, 2.05) is 19.1 Å². The van der Waals surface area contributed by atoms with Gasteiger partial charge in [-0.25, -0.2) is 23.4 Å². The fourth-order valence-corrected chi connectivity index (χ4v) is 4.40. The Hall–Kier alpha value is -3.53. The predicted octanol–water partition coefficient (Wildman–Crippen LogP) is 5.72. The highest BCUT2D eigenvalue weighted by Gasteiger charge is 2.31. The van der Waals surface area contributed by atoms with Crippen LogP contribution in [-0.2, 0) is 20.6 Å². The number of morpholine rings is 1. The number of hydrogen-bond acceptors (Lipinski definition) is 6. The van der Waals surface area contributed by atoms with Crippen LogP contribution in [0.25, 0.3) is 16.9 Å². The van der Waals surface area contributed by atoms with Crippen molar-refractivity contribution < 1.29 is 32.6 Å². The Morgan fingerprint density at radius 3 is 2.31 bits per heavy atom. The lowest BCUT2D eigenvalue weighted by Gasteiger charge is -2.34. The molecule has 1 amide bonds. The highest BCUT2D eigenvalue weighted by atomic mass is 19.1. The number of carbonyl (C=O) groups excluding carboxylic acids is 2. The second-order valence-corrected chi connectivity index (χ2v) is 11.8. The van der Waals surface area contributed by atoms with Crippen molar-refractivity contribution in [3.63, 3.8) is 0 Å². The largest absolute Gasteiger partial charge is 0.456 e. The first-order valence-corrected chi connectivity index (χ1v) is 12.9. The highest BCUT2D eigenvalue weighted by Crippen LogP contribution is 2.32. The van der Waals surface area contributed by atoms with E-state index in [9.17, 15) is 9.59 Å². The van der Waals surface area contributed by atoms with E-state index in [2.05, 4.69) is 4.98 Å². The van der Waals surface area contributed by atoms with E-state index in [1.165, 1.54) is 0 Å². The number of halogens is 2. The minimum absolute atomic E-state index is 0.101. The van der Waals surface area contributed by atoms with E-state index < -0.39 is 41.0 Å². The summed E-state index contributed by atoms with van der Waals surface area (Å²) in [5, 5.41) is 0. The molecule has 1 atom stereocenters. The van der Waals surface area contributed by atoms with Crippen molar-refractivity contribution in [3.8, 4) is 11.3 Å². The summed E-state index contributed by atoms with van der Waals surface area (Å²) in [7, 11) is 0. The molecule has 0 aliphatic carbocycles. The molecule has 0 N–H and O–H groups in total. The van der Waals surface area contributed by atoms with Gasteiger partial charge in [0.2, 0.25) is 0 Å². The number of aryl methyl sites for hydroxylation is 1. The minimum Gasteiger partial charge on any atom is -0.456 e. The number of nitrogens with zero attached hydrogens (tertiary/aromatic N) is 3. The molecule has 1 aromatic carbocycles. The molecule has 0 saturated carbocycles. The Morgan fingerprint density at radius 2 is 1.69 bits per heavy atom. The van der Waals surface area contributed by atoms with Crippen LogP contribution in [0.1, 0.15) is 63.2 Å². The van der Waals surface area contributed by atoms with E-state index in [1.54, 1.807) is 57.0 Å². The first-order valence-electron chi connectivity index (χ1n) is 12.9. The smallest absolute Gasteiger partial charge is 0.410 e. The maximum Gasteiger partial charge on any atom is 0.410 e. The van der Waals surface area contributed by atoms with Crippen LogP contribution in [0.4, 0.5) is 13.6 Å². The van der Waals surface area contributed by atoms with Crippen LogP contribution in [0.3, 0.4) is 0 Å². The number of imidazole rings is 1. The van der Waals surface area contributed by atoms with Gasteiger partial charge >= 0.3 is 12.1 Å². The van der Waals surface area contributed by atoms with Crippen LogP contribution in [0.5, 0.6) is 0 Å². The van der Waals surface area contributed by atoms with Crippen molar-refractivity contribution >= 4 is 17.7 Å². The van der Waals surface area contributed by atoms with Gasteiger partial charge in [0.1, 0.15) is 28.5 Å². The van der Waals surface area contributed by atoms with Crippen molar-refractivity contribution in [1.29, 1.82) is 0 Å². The quantitative estimate of drug-likeness (QED) is 0.392. The molecular formula is C29H35F2N3O5. The van der Waals surface area contributed by atoms with Gasteiger partial charge < -0.3 is 23.5 Å². The monoisotopic (exact) mass is 543 g/mol. The number of benzene rings is 1. The molecule has 0 spiro atoms. The lowest BCUT2D eigenvalue weighted by atomic mass is 10.0. The molecule has 3 aromatic rings. The summed E-state index contributed by atoms with van der Waals surface area (Å²) in [6, 6.07) is 5.61. The van der Waals surface area contributed by atoms with Crippen molar-refractivity contribution in [3.05, 3.63) is 58.9 Å². The molecule has 10 heteroatoms. The third kappa shape index (κ3) is 6.73. The second-order valence-electron chi connectivity index (χ2n) is 11.8. The maximum absolute atomic E-state index is 15.5. The van der Waals surface area contributed by atoms with Gasteiger partial charge in [0, 0.05) is 19.2 Å². The number of fused-ring (bicyclic) bond motifs is 1. The average Bonchev–Trinajstić information content (AvgIpc) is 3.13. The van der Waals surface area contributed by atoms with Gasteiger partial charge in [-0.1, -0.05) is 0 Å². The first kappa shape index (κ1) is 28.5. The van der Waals surface area contributed by atoms with Crippen LogP contribution in [0, 0.1) is 18.6 Å². The fraction of sp³-hybridized carbons (Fsp3) is 0.483. The van der Waals surface area contributed by atoms with Gasteiger partial charge in [-0.15, -0.1) is 0 Å². The number of aromatic nitrogens is 2. The standard InChI is InChI=1S/C29H35F2N3O5/c1-17-8-9-34-22(15-19-16-33(10-11-37-19)27(36)39-29(5,6)7)25(32-23(34)12-17)24-20(30)13-18(14-21(24)31)26(35)38-28(2,3)4/h8-9,12-14,19H,10-11,15-16H2,1-7H3/t19-/m0/s1. The SMILES string of the molecule is Cc1ccn2c(C[C@H]3CN(C(=O)OC(C)(C)C)CCO3)c(-c3c(F)cc(C(=O)OC(C)(C)C)cc3F)nc2c1. The van der Waals surface area contributed by atoms with Gasteiger partial charge in [-0.05, 0) is 78.3 Å². The predicted molar refractivity (Wildman–Crippen MR) is 142 cm³/mol. The van der Waals surface area contributed by atoms with Crippen molar-refractivity contribution in [2.24, 2.45) is 0 Å². The van der Waals surface area contributed by atoms with Gasteiger partial charge in [-0.3, -0.25) is 0 Å². The average molecular weight is 544 g/mol. The molecule has 8 nitrogen and oxygen atoms in total. The molecule has 1 aliphatic rings. The Morgan fingerprint density at radius 1 is 1.05 bits per heavy atom. The molecule has 1 aliphatic heterocycles. The summed E-state index contributed by atoms with van der Waals surface area (Å²) in [4.78, 5) is 31.3. The zero-order valence-corrected chi connectivity index (χ0v) is 23.4. The van der Waals surface area contributed by atoms with Crippen molar-refractivity contribution in [1.82, 2.24) is 14.3 Å². The second kappa shape index (κ2) is 10.6. The van der Waals surface area contributed by atoms with E-state index in [-0.39, 0.29) is 29.8 Å². The third-order valence-electron chi connectivity index (χ3n) is 6.01. The van der Waals surface area contributed by atoms with E-state index in [0.29, 0.717) is 24.5 Å². The number of hydrogen-bond donors (Lipinski definition) is 0. The normalized spacial score (nSPS) is 16.4. The van der Waals surface area contributed by atoms with Crippen LogP contribution in [0.2, 0.25) is 0 Å². The summed E-state index contributed by atoms with van der Waals surface area (Å²) in [6.45, 7) is 13.2. The van der Waals surface area contributed by atoms with Crippen LogP contribution >= 0.6 is 0 Å². The molecule has 0 unspecified atom stereocenters. The molecule has 1 fully saturated rings. The van der Waals surface area contributed by atoms with Crippen LogP contribution in [-0.4, -0.2) is 63.3 Å². The summed E-state index contributed by atoms with van der Waals surface area (Å²) < 4.78 is 49.5. The number of ether oxygens (including phenoxy) is 3. The molecular weight excluding hydrogens is 508 g/mol. The van der Waals surface area contributed by atoms with Crippen LogP contribution in [0.15, 0.2) is 30.5 Å². The number of pyridine rings is 1. The lowest BCUT2D eigenvalue weighted by molar-refractivity contribution is -0.0418. The summed E-state index contributed by atoms with van der Waals surface area (Å²) in [5.41, 5.74) is 0.0208. The molecule has 210 valence electrons. The molecule has 0 bridgehead atoms. The van der Waals surface area contributed by atoms with Gasteiger partial charge in [-0.2, -0.15) is 0 Å². The highest BCUT2D eigenvalue weighted by molar-refractivity contribution is 5.90. The molecule has 3 heterocycles. The van der Waals surface area contributed by atoms with Crippen molar-refractivity contribution in [2.75, 3.05) is 19.7 Å². The first-order chi connectivity index (χ1) is 18.1. The lowest BCUT2D eigenvalue weighted by Crippen LogP contribution is -2.48. The van der Waals surface area contributed by atoms with Gasteiger partial charge in [0.05, 0.1) is 41.8 Å². The van der Waals surface area contributed by atoms with E-state index in [0.717, 1.165) is 17.7 Å². The minimum atomic E-state index is -0.933. The summed E-state index contributed by atoms with van der Waals surface area (Å²) in [6.07, 6.45) is 1.11. The van der Waals surface area contributed by atoms with E-state index >= 15 is 8.78 Å². The van der Waals surface area contributed by atoms with Crippen LogP contribution < -0.4 is 0 Å². The Bertz CT molecular complexity index is 1380. The third-order valence-corrected chi connectivity index (χ3v) is 6.01. The Kier molecular flexibility index (Phi) is 7.71. The topological polar surface area (TPSA) is 82.4 Å². The summed E-state index contributed by atoms with van der Waals surface area (Å²) >= 11 is 0. The van der Waals surface area contributed by atoms with E-state index in [4.69, 9.17) is 14.2 Å². The zero-order valence-electron chi connectivity index (χ0n) is 23.4. The molecule has 39 heavy (non-hydrogen) atoms. The fourth-order valence-electron chi connectivity index (χ4n) is 4.40.